The number of hydrogen-bond donors (Lipinski definition) is 2. The van der Waals surface area contributed by atoms with Crippen molar-refractivity contribution >= 4 is 34.8 Å². The Morgan fingerprint density at radius 2 is 1.82 bits per heavy atom. The Hall–Kier alpha value is -3.06. The van der Waals surface area contributed by atoms with Crippen LogP contribution in [0.15, 0.2) is 47.6 Å². The molecule has 0 aliphatic heterocycles. The van der Waals surface area contributed by atoms with E-state index in [0.717, 1.165) is 5.56 Å². The molecule has 2 amide bonds. The van der Waals surface area contributed by atoms with Gasteiger partial charge in [0.05, 0.1) is 19.2 Å². The van der Waals surface area contributed by atoms with Gasteiger partial charge in [-0.2, -0.15) is 5.10 Å². The van der Waals surface area contributed by atoms with Crippen molar-refractivity contribution in [3.8, 4) is 11.5 Å². The average Bonchev–Trinajstić information content (AvgIpc) is 2.66. The maximum atomic E-state index is 12.2. The highest BCUT2D eigenvalue weighted by atomic mass is 35.5. The predicted octanol–water partition coefficient (Wildman–Crippen LogP) is 3.56. The molecular weight excluding hydrogens is 382 g/mol. The molecule has 0 heterocycles. The molecule has 7 nitrogen and oxygen atoms in total. The number of nitrogens with one attached hydrogen (secondary N) is 2. The standard InChI is InChI=1S/C20H22ClN3O4/c1-13-4-7-16(8-5-13)28-12-20(26)24-23-14(2)10-19(25)22-17-11-15(21)6-9-18(17)27-3/h4-9,11H,10,12H2,1-3H3,(H,22,25)(H,24,26). The van der Waals surface area contributed by atoms with E-state index in [0.29, 0.717) is 27.9 Å². The van der Waals surface area contributed by atoms with Gasteiger partial charge in [0.2, 0.25) is 5.91 Å². The zero-order chi connectivity index (χ0) is 20.5. The Labute approximate surface area is 168 Å². The molecule has 0 atom stereocenters. The lowest BCUT2D eigenvalue weighted by molar-refractivity contribution is -0.123. The van der Waals surface area contributed by atoms with E-state index in [1.54, 1.807) is 37.3 Å². The zero-order valence-corrected chi connectivity index (χ0v) is 16.7. The van der Waals surface area contributed by atoms with Crippen LogP contribution in [0.4, 0.5) is 5.69 Å². The van der Waals surface area contributed by atoms with Gasteiger partial charge in [-0.05, 0) is 44.2 Å². The van der Waals surface area contributed by atoms with Crippen LogP contribution in [0.1, 0.15) is 18.9 Å². The SMILES string of the molecule is COc1ccc(Cl)cc1NC(=O)CC(C)=NNC(=O)COc1ccc(C)cc1. The number of rotatable bonds is 8. The molecule has 2 aromatic rings. The van der Waals surface area contributed by atoms with Gasteiger partial charge in [0, 0.05) is 10.7 Å². The van der Waals surface area contributed by atoms with Crippen molar-refractivity contribution in [2.45, 2.75) is 20.3 Å². The van der Waals surface area contributed by atoms with Crippen molar-refractivity contribution < 1.29 is 19.1 Å². The third kappa shape index (κ3) is 6.92. The van der Waals surface area contributed by atoms with Crippen molar-refractivity contribution in [1.29, 1.82) is 0 Å². The molecule has 0 saturated carbocycles. The predicted molar refractivity (Wildman–Crippen MR) is 109 cm³/mol. The van der Waals surface area contributed by atoms with Crippen LogP contribution in [-0.4, -0.2) is 31.2 Å². The highest BCUT2D eigenvalue weighted by molar-refractivity contribution is 6.31. The van der Waals surface area contributed by atoms with Crippen molar-refractivity contribution in [2.75, 3.05) is 19.0 Å². The molecule has 0 radical (unpaired) electrons. The van der Waals surface area contributed by atoms with Crippen molar-refractivity contribution in [3.63, 3.8) is 0 Å². The van der Waals surface area contributed by atoms with Gasteiger partial charge in [-0.25, -0.2) is 5.43 Å². The molecular formula is C20H22ClN3O4. The maximum Gasteiger partial charge on any atom is 0.277 e. The molecule has 2 N–H and O–H groups in total. The Bertz CT molecular complexity index is 866. The number of anilines is 1. The molecule has 0 aromatic heterocycles. The first-order valence-corrected chi connectivity index (χ1v) is 8.90. The molecule has 2 aromatic carbocycles. The third-order valence-corrected chi connectivity index (χ3v) is 3.85. The molecule has 28 heavy (non-hydrogen) atoms. The molecule has 148 valence electrons. The second kappa shape index (κ2) is 10.3. The van der Waals surface area contributed by atoms with E-state index in [-0.39, 0.29) is 18.9 Å². The summed E-state index contributed by atoms with van der Waals surface area (Å²) in [5.41, 5.74) is 4.36. The van der Waals surface area contributed by atoms with Crippen molar-refractivity contribution in [1.82, 2.24) is 5.43 Å². The highest BCUT2D eigenvalue weighted by Gasteiger charge is 2.10. The smallest absolute Gasteiger partial charge is 0.277 e. The summed E-state index contributed by atoms with van der Waals surface area (Å²) in [5.74, 6) is 0.356. The summed E-state index contributed by atoms with van der Waals surface area (Å²) in [4.78, 5) is 24.0. The van der Waals surface area contributed by atoms with E-state index in [4.69, 9.17) is 21.1 Å². The molecule has 0 bridgehead atoms. The van der Waals surface area contributed by atoms with Gasteiger partial charge in [0.15, 0.2) is 6.61 Å². The Morgan fingerprint density at radius 1 is 1.11 bits per heavy atom. The number of nitrogens with zero attached hydrogens (tertiary/aromatic N) is 1. The van der Waals surface area contributed by atoms with Crippen LogP contribution < -0.4 is 20.2 Å². The summed E-state index contributed by atoms with van der Waals surface area (Å²) in [6.45, 7) is 3.42. The van der Waals surface area contributed by atoms with Crippen LogP contribution >= 0.6 is 11.6 Å². The molecule has 0 saturated heterocycles. The van der Waals surface area contributed by atoms with Crippen LogP contribution in [0.3, 0.4) is 0 Å². The van der Waals surface area contributed by atoms with Gasteiger partial charge in [-0.3, -0.25) is 9.59 Å². The monoisotopic (exact) mass is 403 g/mol. The number of hydrazone groups is 1. The fourth-order valence-corrected chi connectivity index (χ4v) is 2.39. The van der Waals surface area contributed by atoms with Crippen LogP contribution in [0, 0.1) is 6.92 Å². The summed E-state index contributed by atoms with van der Waals surface area (Å²) in [5, 5.41) is 7.09. The average molecular weight is 404 g/mol. The number of amides is 2. The summed E-state index contributed by atoms with van der Waals surface area (Å²) >= 11 is 5.94. The molecule has 0 fully saturated rings. The minimum Gasteiger partial charge on any atom is -0.495 e. The summed E-state index contributed by atoms with van der Waals surface area (Å²) in [6, 6.07) is 12.3. The summed E-state index contributed by atoms with van der Waals surface area (Å²) in [7, 11) is 1.50. The number of methoxy groups -OCH3 is 1. The van der Waals surface area contributed by atoms with E-state index in [1.165, 1.54) is 7.11 Å². The van der Waals surface area contributed by atoms with Crippen LogP contribution in [0.5, 0.6) is 11.5 Å². The highest BCUT2D eigenvalue weighted by Crippen LogP contribution is 2.27. The Kier molecular flexibility index (Phi) is 7.83. The van der Waals surface area contributed by atoms with Gasteiger partial charge in [0.1, 0.15) is 11.5 Å². The van der Waals surface area contributed by atoms with Crippen molar-refractivity contribution in [3.05, 3.63) is 53.1 Å². The van der Waals surface area contributed by atoms with E-state index in [2.05, 4.69) is 15.8 Å². The number of aryl methyl sites for hydroxylation is 1. The molecule has 2 rings (SSSR count). The largest absolute Gasteiger partial charge is 0.495 e. The zero-order valence-electron chi connectivity index (χ0n) is 15.9. The van der Waals surface area contributed by atoms with Gasteiger partial charge in [-0.1, -0.05) is 29.3 Å². The normalized spacial score (nSPS) is 10.9. The van der Waals surface area contributed by atoms with Crippen molar-refractivity contribution in [2.24, 2.45) is 5.10 Å². The fourth-order valence-electron chi connectivity index (χ4n) is 2.22. The molecule has 0 unspecified atom stereocenters. The summed E-state index contributed by atoms with van der Waals surface area (Å²) < 4.78 is 10.5. The van der Waals surface area contributed by atoms with Gasteiger partial charge in [0.25, 0.3) is 5.91 Å². The maximum absolute atomic E-state index is 12.2. The second-order valence-electron chi connectivity index (χ2n) is 6.05. The lowest BCUT2D eigenvalue weighted by Gasteiger charge is -2.10. The fraction of sp³-hybridized carbons (Fsp3) is 0.250. The molecule has 0 spiro atoms. The number of benzene rings is 2. The topological polar surface area (TPSA) is 89.0 Å². The van der Waals surface area contributed by atoms with Gasteiger partial charge >= 0.3 is 0 Å². The molecule has 8 heteroatoms. The van der Waals surface area contributed by atoms with Crippen LogP contribution in [0.25, 0.3) is 0 Å². The minimum atomic E-state index is -0.420. The van der Waals surface area contributed by atoms with E-state index >= 15 is 0 Å². The first-order chi connectivity index (χ1) is 13.4. The van der Waals surface area contributed by atoms with Crippen LogP contribution in [-0.2, 0) is 9.59 Å². The number of ether oxygens (including phenoxy) is 2. The lowest BCUT2D eigenvalue weighted by atomic mass is 10.2. The number of carbonyl (C=O) groups is 2. The number of halogens is 1. The third-order valence-electron chi connectivity index (χ3n) is 3.61. The van der Waals surface area contributed by atoms with Crippen LogP contribution in [0.2, 0.25) is 5.02 Å². The molecule has 0 aliphatic carbocycles. The quantitative estimate of drug-likeness (QED) is 0.521. The number of carbonyl (C=O) groups excluding carboxylic acids is 2. The first kappa shape index (κ1) is 21.2. The van der Waals surface area contributed by atoms with Gasteiger partial charge in [-0.15, -0.1) is 0 Å². The molecule has 0 aliphatic rings. The number of hydrogen-bond acceptors (Lipinski definition) is 5. The Morgan fingerprint density at radius 3 is 2.50 bits per heavy atom. The first-order valence-electron chi connectivity index (χ1n) is 8.52. The minimum absolute atomic E-state index is 0.00519. The van der Waals surface area contributed by atoms with Gasteiger partial charge < -0.3 is 14.8 Å². The second-order valence-corrected chi connectivity index (χ2v) is 6.49. The Balaban J connectivity index is 1.81. The van der Waals surface area contributed by atoms with E-state index in [1.807, 2.05) is 19.1 Å². The summed E-state index contributed by atoms with van der Waals surface area (Å²) in [6.07, 6.45) is -0.00519. The van der Waals surface area contributed by atoms with E-state index < -0.39 is 5.91 Å². The lowest BCUT2D eigenvalue weighted by Crippen LogP contribution is -2.26. The van der Waals surface area contributed by atoms with E-state index in [9.17, 15) is 9.59 Å².